The van der Waals surface area contributed by atoms with Crippen LogP contribution in [0.25, 0.3) is 0 Å². The van der Waals surface area contributed by atoms with E-state index < -0.39 is 0 Å². The van der Waals surface area contributed by atoms with Crippen LogP contribution < -0.4 is 0 Å². The van der Waals surface area contributed by atoms with Crippen molar-refractivity contribution in [3.8, 4) is 0 Å². The Balaban J connectivity index is -0.000000189. The van der Waals surface area contributed by atoms with Crippen molar-refractivity contribution in [1.29, 1.82) is 0 Å². The van der Waals surface area contributed by atoms with Gasteiger partial charge in [0.1, 0.15) is 0 Å². The molecule has 1 saturated heterocycles. The molecule has 0 spiro atoms. The monoisotopic (exact) mass is 163 g/mol. The molecular formula is C9H25NO. The van der Waals surface area contributed by atoms with Crippen LogP contribution in [0.2, 0.25) is 0 Å². The molecule has 0 saturated carbocycles. The van der Waals surface area contributed by atoms with Crippen molar-refractivity contribution in [3.63, 3.8) is 0 Å². The predicted octanol–water partition coefficient (Wildman–Crippen LogP) is 3.02. The van der Waals surface area contributed by atoms with Crippen molar-refractivity contribution in [2.75, 3.05) is 13.1 Å². The van der Waals surface area contributed by atoms with E-state index >= 15 is 0 Å². The van der Waals surface area contributed by atoms with Gasteiger partial charge in [0.25, 0.3) is 0 Å². The topological polar surface area (TPSA) is 23.5 Å². The van der Waals surface area contributed by atoms with Crippen LogP contribution in [-0.2, 0) is 0 Å². The van der Waals surface area contributed by atoms with Crippen molar-refractivity contribution in [1.82, 2.24) is 5.06 Å². The number of piperidine rings is 1. The Hall–Kier alpha value is -0.0800. The van der Waals surface area contributed by atoms with E-state index in [9.17, 15) is 0 Å². The third-order valence-electron chi connectivity index (χ3n) is 1.76. The smallest absolute Gasteiger partial charge is 0.0240 e. The molecule has 0 bridgehead atoms. The summed E-state index contributed by atoms with van der Waals surface area (Å²) in [5, 5.41) is 10.3. The summed E-state index contributed by atoms with van der Waals surface area (Å²) in [6, 6.07) is 0. The highest BCUT2D eigenvalue weighted by Gasteiger charge is 2.12. The standard InChI is InChI=1S/C6H13NO.C2H6.CH4.H2/c1-6-2-4-7(8)5-3-6;1-2;;/h6,8H,2-5H2,1H3;1-2H3;1H4;1H. The van der Waals surface area contributed by atoms with Crippen molar-refractivity contribution in [2.24, 2.45) is 5.92 Å². The van der Waals surface area contributed by atoms with Gasteiger partial charge in [-0.3, -0.25) is 0 Å². The molecule has 0 aromatic carbocycles. The van der Waals surface area contributed by atoms with E-state index in [1.807, 2.05) is 13.8 Å². The number of nitrogens with zero attached hydrogens (tertiary/aromatic N) is 1. The summed E-state index contributed by atoms with van der Waals surface area (Å²) in [4.78, 5) is 0. The summed E-state index contributed by atoms with van der Waals surface area (Å²) < 4.78 is 0. The molecule has 0 aliphatic carbocycles. The van der Waals surface area contributed by atoms with E-state index in [-0.39, 0.29) is 8.85 Å². The first-order valence-corrected chi connectivity index (χ1v) is 4.23. The molecule has 1 aliphatic heterocycles. The molecule has 0 radical (unpaired) electrons. The number of hydroxylamine groups is 2. The Morgan fingerprint density at radius 1 is 1.27 bits per heavy atom. The van der Waals surface area contributed by atoms with Gasteiger partial charge >= 0.3 is 0 Å². The highest BCUT2D eigenvalue weighted by atomic mass is 16.5. The zero-order chi connectivity index (χ0) is 7.98. The molecule has 0 aromatic heterocycles. The van der Waals surface area contributed by atoms with Gasteiger partial charge in [0.05, 0.1) is 0 Å². The molecule has 0 aromatic rings. The third kappa shape index (κ3) is 6.32. The molecule has 1 N–H and O–H groups in total. The minimum atomic E-state index is 0. The van der Waals surface area contributed by atoms with E-state index in [0.717, 1.165) is 31.8 Å². The van der Waals surface area contributed by atoms with Gasteiger partial charge in [0, 0.05) is 14.5 Å². The normalized spacial score (nSPS) is 19.6. The average molecular weight is 163 g/mol. The SMILES string of the molecule is C.CC.CC1CCN(O)CC1.[HH]. The van der Waals surface area contributed by atoms with Gasteiger partial charge < -0.3 is 5.21 Å². The lowest BCUT2D eigenvalue weighted by atomic mass is 10.0. The van der Waals surface area contributed by atoms with Crippen LogP contribution in [-0.4, -0.2) is 23.4 Å². The predicted molar refractivity (Wildman–Crippen MR) is 52.0 cm³/mol. The Morgan fingerprint density at radius 2 is 1.64 bits per heavy atom. The zero-order valence-electron chi connectivity index (χ0n) is 7.30. The van der Waals surface area contributed by atoms with E-state index in [4.69, 9.17) is 5.21 Å². The first kappa shape index (κ1) is 13.5. The average Bonchev–Trinajstić information content (AvgIpc) is 2.00. The van der Waals surface area contributed by atoms with Crippen LogP contribution in [0.4, 0.5) is 0 Å². The Bertz CT molecular complexity index is 62.9. The molecule has 2 nitrogen and oxygen atoms in total. The molecule has 1 fully saturated rings. The minimum Gasteiger partial charge on any atom is -0.314 e. The lowest BCUT2D eigenvalue weighted by Crippen LogP contribution is -2.29. The first-order valence-electron chi connectivity index (χ1n) is 4.23. The summed E-state index contributed by atoms with van der Waals surface area (Å²) in [6.45, 7) is 7.95. The van der Waals surface area contributed by atoms with Crippen LogP contribution >= 0.6 is 0 Å². The summed E-state index contributed by atoms with van der Waals surface area (Å²) >= 11 is 0. The van der Waals surface area contributed by atoms with Crippen LogP contribution in [0.15, 0.2) is 0 Å². The maximum absolute atomic E-state index is 8.86. The molecular weight excluding hydrogens is 138 g/mol. The molecule has 2 heteroatoms. The highest BCUT2D eigenvalue weighted by Crippen LogP contribution is 2.13. The van der Waals surface area contributed by atoms with Crippen molar-refractivity contribution in [2.45, 2.75) is 41.0 Å². The van der Waals surface area contributed by atoms with E-state index in [1.165, 1.54) is 5.06 Å². The number of hydrogen-bond donors (Lipinski definition) is 1. The summed E-state index contributed by atoms with van der Waals surface area (Å²) in [5.41, 5.74) is 0. The van der Waals surface area contributed by atoms with Crippen LogP contribution in [0, 0.1) is 5.92 Å². The quantitative estimate of drug-likeness (QED) is 0.593. The zero-order valence-corrected chi connectivity index (χ0v) is 7.30. The molecule has 0 unspecified atom stereocenters. The van der Waals surface area contributed by atoms with E-state index in [1.54, 1.807) is 0 Å². The van der Waals surface area contributed by atoms with Gasteiger partial charge in [-0.2, -0.15) is 5.06 Å². The molecule has 11 heavy (non-hydrogen) atoms. The fraction of sp³-hybridized carbons (Fsp3) is 1.00. The van der Waals surface area contributed by atoms with Gasteiger partial charge in [0.2, 0.25) is 0 Å². The van der Waals surface area contributed by atoms with Gasteiger partial charge in [-0.15, -0.1) is 0 Å². The minimum absolute atomic E-state index is 0. The second-order valence-electron chi connectivity index (χ2n) is 2.64. The van der Waals surface area contributed by atoms with Crippen LogP contribution in [0.5, 0.6) is 0 Å². The molecule has 1 rings (SSSR count). The largest absolute Gasteiger partial charge is 0.314 e. The highest BCUT2D eigenvalue weighted by molar-refractivity contribution is 4.62. The summed E-state index contributed by atoms with van der Waals surface area (Å²) in [5.74, 6) is 0.818. The Labute approximate surface area is 72.7 Å². The van der Waals surface area contributed by atoms with Gasteiger partial charge in [-0.05, 0) is 18.8 Å². The lowest BCUT2D eigenvalue weighted by molar-refractivity contribution is -0.110. The summed E-state index contributed by atoms with van der Waals surface area (Å²) in [6.07, 6.45) is 2.30. The maximum atomic E-state index is 8.86. The van der Waals surface area contributed by atoms with Gasteiger partial charge in [-0.25, -0.2) is 0 Å². The van der Waals surface area contributed by atoms with Crippen LogP contribution in [0.1, 0.15) is 42.5 Å². The molecule has 0 atom stereocenters. The van der Waals surface area contributed by atoms with Crippen molar-refractivity contribution in [3.05, 3.63) is 0 Å². The summed E-state index contributed by atoms with van der Waals surface area (Å²) in [7, 11) is 0. The van der Waals surface area contributed by atoms with Gasteiger partial charge in [0.15, 0.2) is 0 Å². The van der Waals surface area contributed by atoms with E-state index in [0.29, 0.717) is 0 Å². The van der Waals surface area contributed by atoms with E-state index in [2.05, 4.69) is 6.92 Å². The third-order valence-corrected chi connectivity index (χ3v) is 1.76. The number of hydrogen-bond acceptors (Lipinski definition) is 2. The second-order valence-corrected chi connectivity index (χ2v) is 2.64. The Kier molecular flexibility index (Phi) is 9.85. The molecule has 1 aliphatic rings. The van der Waals surface area contributed by atoms with Crippen molar-refractivity contribution < 1.29 is 6.63 Å². The second kappa shape index (κ2) is 8.02. The molecule has 0 amide bonds. The van der Waals surface area contributed by atoms with Gasteiger partial charge in [-0.1, -0.05) is 28.2 Å². The van der Waals surface area contributed by atoms with Crippen molar-refractivity contribution >= 4 is 0 Å². The maximum Gasteiger partial charge on any atom is 0.0240 e. The first-order chi connectivity index (χ1) is 4.79. The molecule has 72 valence electrons. The molecule has 1 heterocycles. The fourth-order valence-electron chi connectivity index (χ4n) is 0.995. The number of rotatable bonds is 0. The fourth-order valence-corrected chi connectivity index (χ4v) is 0.995. The Morgan fingerprint density at radius 3 is 1.91 bits per heavy atom. The van der Waals surface area contributed by atoms with Crippen LogP contribution in [0.3, 0.4) is 0 Å². The lowest BCUT2D eigenvalue weighted by Gasteiger charge is -2.24.